The normalized spacial score (nSPS) is 22.8. The predicted octanol–water partition coefficient (Wildman–Crippen LogP) is 3.44. The molecule has 1 aliphatic heterocycles. The lowest BCUT2D eigenvalue weighted by molar-refractivity contribution is -0.161. The molecule has 0 aromatic carbocycles. The number of hydrogen-bond donors (Lipinski definition) is 1. The number of unbranched alkanes of at least 4 members (excludes halogenated alkanes) is 6. The van der Waals surface area contributed by atoms with Crippen molar-refractivity contribution in [1.29, 1.82) is 0 Å². The first-order valence-electron chi connectivity index (χ1n) is 9.24. The highest BCUT2D eigenvalue weighted by Gasteiger charge is 2.54. The summed E-state index contributed by atoms with van der Waals surface area (Å²) in [6.45, 7) is 5.65. The summed E-state index contributed by atoms with van der Waals surface area (Å²) in [7, 11) is 0. The summed E-state index contributed by atoms with van der Waals surface area (Å²) in [5.41, 5.74) is 0. The molecule has 144 valence electrons. The van der Waals surface area contributed by atoms with Crippen molar-refractivity contribution in [3.05, 3.63) is 0 Å². The molecule has 6 nitrogen and oxygen atoms in total. The maximum Gasteiger partial charge on any atom is 0.342 e. The van der Waals surface area contributed by atoms with Crippen LogP contribution in [-0.4, -0.2) is 51.1 Å². The molecule has 0 radical (unpaired) electrons. The zero-order valence-corrected chi connectivity index (χ0v) is 16.4. The third-order valence-corrected chi connectivity index (χ3v) is 5.90. The molecular weight excluding hydrogens is 342 g/mol. The van der Waals surface area contributed by atoms with Gasteiger partial charge in [0.1, 0.15) is 6.04 Å². The van der Waals surface area contributed by atoms with Crippen LogP contribution in [0.3, 0.4) is 0 Å². The van der Waals surface area contributed by atoms with E-state index in [0.717, 1.165) is 19.3 Å². The van der Waals surface area contributed by atoms with Crippen LogP contribution in [-0.2, 0) is 19.1 Å². The topological polar surface area (TPSA) is 83.9 Å². The number of carbonyl (C=O) groups is 3. The van der Waals surface area contributed by atoms with E-state index >= 15 is 0 Å². The summed E-state index contributed by atoms with van der Waals surface area (Å²) < 4.78 is 5.07. The molecule has 1 fully saturated rings. The summed E-state index contributed by atoms with van der Waals surface area (Å²) in [5.74, 6) is -1.69. The summed E-state index contributed by atoms with van der Waals surface area (Å²) in [6.07, 6.45) is 7.85. The van der Waals surface area contributed by atoms with Gasteiger partial charge in [-0.2, -0.15) is 0 Å². The van der Waals surface area contributed by atoms with Gasteiger partial charge >= 0.3 is 11.9 Å². The largest absolute Gasteiger partial charge is 0.480 e. The molecule has 0 saturated carbocycles. The van der Waals surface area contributed by atoms with Crippen LogP contribution in [0.15, 0.2) is 0 Å². The van der Waals surface area contributed by atoms with Crippen LogP contribution in [0, 0.1) is 0 Å². The Balaban J connectivity index is 2.62. The molecule has 2 unspecified atom stereocenters. The van der Waals surface area contributed by atoms with Crippen LogP contribution in [0.1, 0.15) is 72.1 Å². The van der Waals surface area contributed by atoms with Gasteiger partial charge in [0.15, 0.2) is 4.87 Å². The molecule has 1 rings (SSSR count). The Morgan fingerprint density at radius 1 is 1.12 bits per heavy atom. The Kier molecular flexibility index (Phi) is 9.32. The maximum atomic E-state index is 12.7. The van der Waals surface area contributed by atoms with Crippen LogP contribution < -0.4 is 0 Å². The molecule has 0 spiro atoms. The summed E-state index contributed by atoms with van der Waals surface area (Å²) in [6, 6.07) is -0.975. The standard InChI is InChI=1S/C18H31NO5S/c1-4-6-7-8-9-10-11-12-15(20)19-14(16(21)22)13-25-18(19,3)17(23)24-5-2/h14H,4-13H2,1-3H3,(H,21,22). The third-order valence-electron chi connectivity index (χ3n) is 4.50. The number of rotatable bonds is 11. The van der Waals surface area contributed by atoms with Crippen molar-refractivity contribution in [2.45, 2.75) is 83.1 Å². The molecule has 1 aliphatic rings. The molecule has 0 aromatic rings. The first-order valence-corrected chi connectivity index (χ1v) is 10.2. The van der Waals surface area contributed by atoms with Gasteiger partial charge in [0.25, 0.3) is 0 Å². The highest BCUT2D eigenvalue weighted by Crippen LogP contribution is 2.41. The number of esters is 1. The first-order chi connectivity index (χ1) is 11.9. The second-order valence-electron chi connectivity index (χ2n) is 6.50. The molecule has 1 heterocycles. The second kappa shape index (κ2) is 10.7. The van der Waals surface area contributed by atoms with Crippen molar-refractivity contribution in [1.82, 2.24) is 4.90 Å². The van der Waals surface area contributed by atoms with Gasteiger partial charge in [-0.1, -0.05) is 45.4 Å². The van der Waals surface area contributed by atoms with Crippen molar-refractivity contribution in [2.75, 3.05) is 12.4 Å². The van der Waals surface area contributed by atoms with Crippen molar-refractivity contribution in [3.8, 4) is 0 Å². The van der Waals surface area contributed by atoms with Gasteiger partial charge in [0, 0.05) is 12.2 Å². The Labute approximate surface area is 154 Å². The van der Waals surface area contributed by atoms with Gasteiger partial charge in [-0.05, 0) is 20.3 Å². The average Bonchev–Trinajstić information content (AvgIpc) is 2.93. The van der Waals surface area contributed by atoms with E-state index < -0.39 is 22.9 Å². The van der Waals surface area contributed by atoms with E-state index in [9.17, 15) is 19.5 Å². The van der Waals surface area contributed by atoms with E-state index in [1.165, 1.54) is 42.3 Å². The summed E-state index contributed by atoms with van der Waals surface area (Å²) in [4.78, 5) is 36.4. The van der Waals surface area contributed by atoms with Gasteiger partial charge in [-0.3, -0.25) is 4.79 Å². The highest BCUT2D eigenvalue weighted by molar-refractivity contribution is 8.01. The quantitative estimate of drug-likeness (QED) is 0.441. The average molecular weight is 374 g/mol. The van der Waals surface area contributed by atoms with Gasteiger partial charge in [0.2, 0.25) is 5.91 Å². The molecule has 0 aromatic heterocycles. The van der Waals surface area contributed by atoms with E-state index in [-0.39, 0.29) is 24.7 Å². The summed E-state index contributed by atoms with van der Waals surface area (Å²) >= 11 is 1.17. The number of thioether (sulfide) groups is 1. The highest BCUT2D eigenvalue weighted by atomic mass is 32.2. The zero-order valence-electron chi connectivity index (χ0n) is 15.6. The molecule has 1 amide bonds. The fourth-order valence-electron chi connectivity index (χ4n) is 3.05. The Morgan fingerprint density at radius 3 is 2.28 bits per heavy atom. The molecule has 1 saturated heterocycles. The maximum absolute atomic E-state index is 12.7. The van der Waals surface area contributed by atoms with Crippen LogP contribution in [0.25, 0.3) is 0 Å². The number of nitrogens with zero attached hydrogens (tertiary/aromatic N) is 1. The molecule has 2 atom stereocenters. The minimum atomic E-state index is -1.25. The van der Waals surface area contributed by atoms with Crippen molar-refractivity contribution >= 4 is 29.6 Å². The van der Waals surface area contributed by atoms with Gasteiger partial charge in [-0.15, -0.1) is 11.8 Å². The number of carboxylic acid groups (broad SMARTS) is 1. The van der Waals surface area contributed by atoms with Crippen molar-refractivity contribution in [2.24, 2.45) is 0 Å². The number of carbonyl (C=O) groups excluding carboxylic acids is 2. The van der Waals surface area contributed by atoms with Gasteiger partial charge in [0.05, 0.1) is 6.61 Å². The van der Waals surface area contributed by atoms with Crippen LogP contribution >= 0.6 is 11.8 Å². The lowest BCUT2D eigenvalue weighted by atomic mass is 10.1. The van der Waals surface area contributed by atoms with Crippen LogP contribution in [0.5, 0.6) is 0 Å². The zero-order chi connectivity index (χ0) is 18.9. The lowest BCUT2D eigenvalue weighted by Gasteiger charge is -2.34. The van der Waals surface area contributed by atoms with Crippen molar-refractivity contribution in [3.63, 3.8) is 0 Å². The van der Waals surface area contributed by atoms with E-state index in [1.807, 2.05) is 0 Å². The smallest absolute Gasteiger partial charge is 0.342 e. The molecule has 7 heteroatoms. The molecule has 1 N–H and O–H groups in total. The monoisotopic (exact) mass is 373 g/mol. The van der Waals surface area contributed by atoms with E-state index in [4.69, 9.17) is 4.74 Å². The minimum Gasteiger partial charge on any atom is -0.480 e. The number of amides is 1. The van der Waals surface area contributed by atoms with E-state index in [0.29, 0.717) is 0 Å². The Bertz CT molecular complexity index is 470. The van der Waals surface area contributed by atoms with Gasteiger partial charge < -0.3 is 14.7 Å². The fraction of sp³-hybridized carbons (Fsp3) is 0.833. The van der Waals surface area contributed by atoms with Crippen LogP contribution in [0.2, 0.25) is 0 Å². The number of carboxylic acids is 1. The van der Waals surface area contributed by atoms with E-state index in [2.05, 4.69) is 6.92 Å². The predicted molar refractivity (Wildman–Crippen MR) is 98.4 cm³/mol. The molecular formula is C18H31NO5S. The SMILES string of the molecule is CCCCCCCCCC(=O)N1C(C(=O)O)CSC1(C)C(=O)OCC. The Morgan fingerprint density at radius 2 is 1.72 bits per heavy atom. The molecule has 0 bridgehead atoms. The first kappa shape index (κ1) is 21.8. The number of aliphatic carboxylic acids is 1. The molecule has 0 aliphatic carbocycles. The van der Waals surface area contributed by atoms with E-state index in [1.54, 1.807) is 13.8 Å². The Hall–Kier alpha value is -1.24. The lowest BCUT2D eigenvalue weighted by Crippen LogP contribution is -2.55. The van der Waals surface area contributed by atoms with Crippen molar-refractivity contribution < 1.29 is 24.2 Å². The number of hydrogen-bond acceptors (Lipinski definition) is 5. The number of ether oxygens (including phenoxy) is 1. The molecule has 25 heavy (non-hydrogen) atoms. The fourth-order valence-corrected chi connectivity index (χ4v) is 4.37. The van der Waals surface area contributed by atoms with Crippen LogP contribution in [0.4, 0.5) is 0 Å². The summed E-state index contributed by atoms with van der Waals surface area (Å²) in [5, 5.41) is 9.41. The second-order valence-corrected chi connectivity index (χ2v) is 7.92. The van der Waals surface area contributed by atoms with Gasteiger partial charge in [-0.25, -0.2) is 9.59 Å². The third kappa shape index (κ3) is 5.90. The minimum absolute atomic E-state index is 0.201.